The van der Waals surface area contributed by atoms with E-state index in [0.717, 1.165) is 19.5 Å². The van der Waals surface area contributed by atoms with E-state index in [0.29, 0.717) is 0 Å². The van der Waals surface area contributed by atoms with Gasteiger partial charge < -0.3 is 9.88 Å². The van der Waals surface area contributed by atoms with Crippen LogP contribution in [0.4, 0.5) is 0 Å². The third-order valence-electron chi connectivity index (χ3n) is 3.54. The first-order chi connectivity index (χ1) is 8.68. The number of aryl methyl sites for hydroxylation is 1. The Morgan fingerprint density at radius 2 is 1.94 bits per heavy atom. The second-order valence-electron chi connectivity index (χ2n) is 4.74. The van der Waals surface area contributed by atoms with E-state index in [1.807, 2.05) is 12.4 Å². The molecule has 0 bridgehead atoms. The van der Waals surface area contributed by atoms with Crippen LogP contribution < -0.4 is 5.32 Å². The van der Waals surface area contributed by atoms with Gasteiger partial charge in [-0.3, -0.25) is 4.98 Å². The summed E-state index contributed by atoms with van der Waals surface area (Å²) >= 11 is 0. The first-order valence-corrected chi connectivity index (χ1v) is 6.40. The molecule has 18 heavy (non-hydrogen) atoms. The molecule has 2 aromatic heterocycles. The van der Waals surface area contributed by atoms with Crippen molar-refractivity contribution < 1.29 is 0 Å². The maximum absolute atomic E-state index is 4.02. The molecule has 96 valence electrons. The average molecular weight is 243 g/mol. The fraction of sp³-hybridized carbons (Fsp3) is 0.400. The summed E-state index contributed by atoms with van der Waals surface area (Å²) in [6.07, 6.45) is 4.74. The summed E-state index contributed by atoms with van der Waals surface area (Å²) in [7, 11) is 2.12. The minimum Gasteiger partial charge on any atom is -0.352 e. The molecule has 0 radical (unpaired) electrons. The van der Waals surface area contributed by atoms with Crippen LogP contribution in [-0.4, -0.2) is 16.1 Å². The van der Waals surface area contributed by atoms with Gasteiger partial charge in [-0.05, 0) is 56.1 Å². The quantitative estimate of drug-likeness (QED) is 0.817. The maximum atomic E-state index is 4.02. The molecule has 0 atom stereocenters. The second-order valence-corrected chi connectivity index (χ2v) is 4.74. The molecule has 0 spiro atoms. The van der Waals surface area contributed by atoms with Gasteiger partial charge in [0.25, 0.3) is 0 Å². The molecule has 0 saturated heterocycles. The largest absolute Gasteiger partial charge is 0.352 e. The molecule has 0 fully saturated rings. The number of hydrogen-bond donors (Lipinski definition) is 1. The van der Waals surface area contributed by atoms with Crippen molar-refractivity contribution in [1.82, 2.24) is 14.9 Å². The number of nitrogens with one attached hydrogen (secondary N) is 1. The van der Waals surface area contributed by atoms with Gasteiger partial charge in [0.2, 0.25) is 0 Å². The lowest BCUT2D eigenvalue weighted by Gasteiger charge is -2.05. The molecular weight excluding hydrogens is 222 g/mol. The summed E-state index contributed by atoms with van der Waals surface area (Å²) in [6.45, 7) is 6.26. The van der Waals surface area contributed by atoms with Crippen molar-refractivity contribution in [2.75, 3.05) is 6.54 Å². The van der Waals surface area contributed by atoms with Gasteiger partial charge >= 0.3 is 0 Å². The molecule has 0 aliphatic rings. The first-order valence-electron chi connectivity index (χ1n) is 6.40. The summed E-state index contributed by atoms with van der Waals surface area (Å²) in [5.74, 6) is 0. The number of hydrogen-bond acceptors (Lipinski definition) is 2. The van der Waals surface area contributed by atoms with E-state index < -0.39 is 0 Å². The van der Waals surface area contributed by atoms with E-state index in [2.05, 4.69) is 54.0 Å². The lowest BCUT2D eigenvalue weighted by atomic mass is 10.2. The van der Waals surface area contributed by atoms with Crippen LogP contribution in [0.25, 0.3) is 0 Å². The summed E-state index contributed by atoms with van der Waals surface area (Å²) in [4.78, 5) is 4.02. The molecule has 0 aliphatic carbocycles. The fourth-order valence-corrected chi connectivity index (χ4v) is 2.12. The van der Waals surface area contributed by atoms with Gasteiger partial charge in [0.15, 0.2) is 0 Å². The number of nitrogens with zero attached hydrogens (tertiary/aromatic N) is 2. The van der Waals surface area contributed by atoms with E-state index in [-0.39, 0.29) is 0 Å². The zero-order valence-corrected chi connectivity index (χ0v) is 11.4. The highest BCUT2D eigenvalue weighted by Crippen LogP contribution is 2.12. The number of rotatable bonds is 5. The average Bonchev–Trinajstić information content (AvgIpc) is 2.64. The number of pyridine rings is 1. The van der Waals surface area contributed by atoms with E-state index >= 15 is 0 Å². The zero-order valence-electron chi connectivity index (χ0n) is 11.4. The molecule has 2 heterocycles. The minimum atomic E-state index is 0.943. The fourth-order valence-electron chi connectivity index (χ4n) is 2.12. The molecular formula is C15H21N3. The molecule has 3 heteroatoms. The third-order valence-corrected chi connectivity index (χ3v) is 3.54. The van der Waals surface area contributed by atoms with Crippen molar-refractivity contribution in [1.29, 1.82) is 0 Å². The van der Waals surface area contributed by atoms with Gasteiger partial charge in [-0.1, -0.05) is 0 Å². The van der Waals surface area contributed by atoms with Crippen molar-refractivity contribution in [2.45, 2.75) is 26.8 Å². The zero-order chi connectivity index (χ0) is 13.0. The lowest BCUT2D eigenvalue weighted by molar-refractivity contribution is 0.681. The molecule has 1 N–H and O–H groups in total. The van der Waals surface area contributed by atoms with Crippen molar-refractivity contribution in [3.63, 3.8) is 0 Å². The molecule has 0 unspecified atom stereocenters. The predicted octanol–water partition coefficient (Wildman–Crippen LogP) is 2.37. The van der Waals surface area contributed by atoms with Crippen LogP contribution in [0.3, 0.4) is 0 Å². The summed E-state index contributed by atoms with van der Waals surface area (Å²) in [5.41, 5.74) is 5.39. The summed E-state index contributed by atoms with van der Waals surface area (Å²) in [6, 6.07) is 6.40. The Balaban J connectivity index is 1.80. The van der Waals surface area contributed by atoms with Crippen LogP contribution in [0, 0.1) is 13.8 Å². The molecule has 0 aliphatic heterocycles. The van der Waals surface area contributed by atoms with Gasteiger partial charge in [-0.15, -0.1) is 0 Å². The van der Waals surface area contributed by atoms with Gasteiger partial charge in [0, 0.05) is 37.4 Å². The standard InChI is InChI=1S/C15H21N3/c1-12-10-15(13(2)18(12)3)11-17-9-6-14-4-7-16-8-5-14/h4-5,7-8,10,17H,6,9,11H2,1-3H3. The Morgan fingerprint density at radius 3 is 2.56 bits per heavy atom. The van der Waals surface area contributed by atoms with E-state index in [4.69, 9.17) is 0 Å². The predicted molar refractivity (Wildman–Crippen MR) is 74.5 cm³/mol. The topological polar surface area (TPSA) is 29.9 Å². The van der Waals surface area contributed by atoms with Crippen molar-refractivity contribution in [3.8, 4) is 0 Å². The van der Waals surface area contributed by atoms with Crippen LogP contribution in [0.15, 0.2) is 30.6 Å². The Labute approximate surface area is 109 Å². The third kappa shape index (κ3) is 2.99. The SMILES string of the molecule is Cc1cc(CNCCc2ccncc2)c(C)n1C. The second kappa shape index (κ2) is 5.83. The van der Waals surface area contributed by atoms with E-state index in [9.17, 15) is 0 Å². The van der Waals surface area contributed by atoms with Crippen molar-refractivity contribution in [2.24, 2.45) is 7.05 Å². The highest BCUT2D eigenvalue weighted by atomic mass is 15.0. The van der Waals surface area contributed by atoms with Crippen LogP contribution in [0.5, 0.6) is 0 Å². The van der Waals surface area contributed by atoms with Crippen LogP contribution in [-0.2, 0) is 20.0 Å². The van der Waals surface area contributed by atoms with Gasteiger partial charge in [0.05, 0.1) is 0 Å². The van der Waals surface area contributed by atoms with Crippen LogP contribution in [0.2, 0.25) is 0 Å². The Bertz CT molecular complexity index is 500. The van der Waals surface area contributed by atoms with Gasteiger partial charge in [-0.25, -0.2) is 0 Å². The van der Waals surface area contributed by atoms with Gasteiger partial charge in [-0.2, -0.15) is 0 Å². The normalized spacial score (nSPS) is 10.8. The Kier molecular flexibility index (Phi) is 4.15. The highest BCUT2D eigenvalue weighted by Gasteiger charge is 2.04. The Hall–Kier alpha value is -1.61. The van der Waals surface area contributed by atoms with Crippen molar-refractivity contribution >= 4 is 0 Å². The molecule has 0 aromatic carbocycles. The smallest absolute Gasteiger partial charge is 0.0270 e. The molecule has 0 amide bonds. The maximum Gasteiger partial charge on any atom is 0.0270 e. The monoisotopic (exact) mass is 243 g/mol. The lowest BCUT2D eigenvalue weighted by Crippen LogP contribution is -2.17. The van der Waals surface area contributed by atoms with E-state index in [1.165, 1.54) is 22.5 Å². The Morgan fingerprint density at radius 1 is 1.22 bits per heavy atom. The van der Waals surface area contributed by atoms with Crippen LogP contribution in [0.1, 0.15) is 22.5 Å². The highest BCUT2D eigenvalue weighted by molar-refractivity contribution is 5.26. The first kappa shape index (κ1) is 12.8. The molecule has 2 rings (SSSR count). The minimum absolute atomic E-state index is 0.943. The molecule has 0 saturated carbocycles. The van der Waals surface area contributed by atoms with Gasteiger partial charge in [0.1, 0.15) is 0 Å². The summed E-state index contributed by atoms with van der Waals surface area (Å²) in [5, 5.41) is 3.50. The number of aromatic nitrogens is 2. The molecule has 2 aromatic rings. The van der Waals surface area contributed by atoms with Crippen molar-refractivity contribution in [3.05, 3.63) is 53.1 Å². The molecule has 3 nitrogen and oxygen atoms in total. The summed E-state index contributed by atoms with van der Waals surface area (Å²) < 4.78 is 2.24. The van der Waals surface area contributed by atoms with E-state index in [1.54, 1.807) is 0 Å². The van der Waals surface area contributed by atoms with Crippen LogP contribution >= 0.6 is 0 Å².